The number of ketones is 2. The Labute approximate surface area is 290 Å². The Hall–Kier alpha value is -5.90. The molecule has 10 heteroatoms. The van der Waals surface area contributed by atoms with E-state index in [4.69, 9.17) is 18.9 Å². The van der Waals surface area contributed by atoms with Crippen LogP contribution in [0, 0.1) is 0 Å². The molecule has 4 aromatic rings. The summed E-state index contributed by atoms with van der Waals surface area (Å²) < 4.78 is 20.7. The van der Waals surface area contributed by atoms with Crippen LogP contribution < -0.4 is 0 Å². The van der Waals surface area contributed by atoms with E-state index in [0.717, 1.165) is 0 Å². The minimum Gasteiger partial charge on any atom is -0.459 e. The molecule has 0 aliphatic heterocycles. The van der Waals surface area contributed by atoms with Crippen LogP contribution in [0.5, 0.6) is 0 Å². The van der Waals surface area contributed by atoms with E-state index in [9.17, 15) is 28.8 Å². The summed E-state index contributed by atoms with van der Waals surface area (Å²) in [6.45, 7) is 5.29. The summed E-state index contributed by atoms with van der Waals surface area (Å²) in [5, 5.41) is 0. The maximum absolute atomic E-state index is 12.8. The number of rotatable bonds is 15. The second kappa shape index (κ2) is 17.5. The van der Waals surface area contributed by atoms with E-state index >= 15 is 0 Å². The summed E-state index contributed by atoms with van der Waals surface area (Å²) >= 11 is 0. The molecule has 0 N–H and O–H groups in total. The molecular weight excluding hydrogens is 640 g/mol. The Kier molecular flexibility index (Phi) is 12.9. The summed E-state index contributed by atoms with van der Waals surface area (Å²) in [5.41, 5.74) is 3.10. The number of benzene rings is 4. The molecule has 258 valence electrons. The van der Waals surface area contributed by atoms with Gasteiger partial charge in [-0.25, -0.2) is 9.59 Å². The molecule has 0 saturated heterocycles. The minimum absolute atomic E-state index is 0.143. The van der Waals surface area contributed by atoms with Gasteiger partial charge in [0.05, 0.1) is 11.8 Å². The third kappa shape index (κ3) is 9.82. The van der Waals surface area contributed by atoms with Crippen molar-refractivity contribution in [2.24, 2.45) is 0 Å². The number of hydrogen-bond donors (Lipinski definition) is 0. The van der Waals surface area contributed by atoms with Crippen LogP contribution in [0.15, 0.2) is 109 Å². The maximum Gasteiger partial charge on any atom is 0.347 e. The first-order chi connectivity index (χ1) is 24.0. The highest BCUT2D eigenvalue weighted by Crippen LogP contribution is 2.22. The summed E-state index contributed by atoms with van der Waals surface area (Å²) in [7, 11) is 0. The molecule has 0 aromatic heterocycles. The van der Waals surface area contributed by atoms with Crippen molar-refractivity contribution in [1.82, 2.24) is 0 Å². The van der Waals surface area contributed by atoms with Gasteiger partial charge in [-0.3, -0.25) is 19.2 Å². The third-order valence-corrected chi connectivity index (χ3v) is 7.92. The summed E-state index contributed by atoms with van der Waals surface area (Å²) in [5.74, 6) is -4.87. The fraction of sp³-hybridized carbons (Fsp3) is 0.250. The normalized spacial score (nSPS) is 13.1. The lowest BCUT2D eigenvalue weighted by Gasteiger charge is -2.18. The van der Waals surface area contributed by atoms with Gasteiger partial charge in [-0.15, -0.1) is 0 Å². The van der Waals surface area contributed by atoms with Crippen LogP contribution in [-0.4, -0.2) is 60.9 Å². The van der Waals surface area contributed by atoms with Gasteiger partial charge in [-0.1, -0.05) is 103 Å². The topological polar surface area (TPSA) is 139 Å². The molecule has 4 atom stereocenters. The smallest absolute Gasteiger partial charge is 0.347 e. The maximum atomic E-state index is 12.8. The standard InChI is InChI=1S/C40H38O10/c1-25(29-18-20-32(21-19-29)35(41)30-12-7-5-8-13-30)37(43)49-27(3)39(45)47-22-23-48-40(46)28(4)50-38(44)26(2)33-16-11-17-34(24-33)36(42)31-14-9-6-10-15-31/h5-21,24-28H,22-23H2,1-4H3/t25-,26-,27+,28-/m1/s1. The highest BCUT2D eigenvalue weighted by atomic mass is 16.6. The Morgan fingerprint density at radius 1 is 0.440 bits per heavy atom. The van der Waals surface area contributed by atoms with Crippen molar-refractivity contribution in [3.8, 4) is 0 Å². The molecule has 0 spiro atoms. The van der Waals surface area contributed by atoms with Gasteiger partial charge in [0.25, 0.3) is 0 Å². The molecular formula is C40H38O10. The van der Waals surface area contributed by atoms with Gasteiger partial charge in [-0.05, 0) is 44.9 Å². The lowest BCUT2D eigenvalue weighted by Crippen LogP contribution is -2.31. The predicted molar refractivity (Wildman–Crippen MR) is 182 cm³/mol. The van der Waals surface area contributed by atoms with Crippen molar-refractivity contribution >= 4 is 35.4 Å². The van der Waals surface area contributed by atoms with Crippen molar-refractivity contribution in [3.63, 3.8) is 0 Å². The van der Waals surface area contributed by atoms with Gasteiger partial charge < -0.3 is 18.9 Å². The molecule has 0 radical (unpaired) electrons. The average molecular weight is 679 g/mol. The first-order valence-electron chi connectivity index (χ1n) is 16.1. The largest absolute Gasteiger partial charge is 0.459 e. The highest BCUT2D eigenvalue weighted by molar-refractivity contribution is 6.09. The van der Waals surface area contributed by atoms with Crippen molar-refractivity contribution < 1.29 is 47.7 Å². The third-order valence-electron chi connectivity index (χ3n) is 7.92. The van der Waals surface area contributed by atoms with E-state index < -0.39 is 47.9 Å². The summed E-state index contributed by atoms with van der Waals surface area (Å²) in [4.78, 5) is 75.8. The van der Waals surface area contributed by atoms with E-state index in [2.05, 4.69) is 0 Å². The average Bonchev–Trinajstić information content (AvgIpc) is 3.15. The van der Waals surface area contributed by atoms with Gasteiger partial charge in [0.15, 0.2) is 23.8 Å². The number of ether oxygens (including phenoxy) is 4. The molecule has 10 nitrogen and oxygen atoms in total. The lowest BCUT2D eigenvalue weighted by molar-refractivity contribution is -0.172. The molecule has 50 heavy (non-hydrogen) atoms. The number of hydrogen-bond acceptors (Lipinski definition) is 10. The fourth-order valence-electron chi connectivity index (χ4n) is 4.83. The second-order valence-electron chi connectivity index (χ2n) is 11.6. The molecule has 0 aliphatic rings. The zero-order chi connectivity index (χ0) is 36.2. The van der Waals surface area contributed by atoms with Crippen LogP contribution in [0.1, 0.15) is 82.5 Å². The first-order valence-corrected chi connectivity index (χ1v) is 16.1. The van der Waals surface area contributed by atoms with Crippen LogP contribution in [0.25, 0.3) is 0 Å². The van der Waals surface area contributed by atoms with Crippen LogP contribution >= 0.6 is 0 Å². The van der Waals surface area contributed by atoms with Crippen molar-refractivity contribution in [2.45, 2.75) is 51.7 Å². The molecule has 0 fully saturated rings. The van der Waals surface area contributed by atoms with Gasteiger partial charge in [0.2, 0.25) is 0 Å². The van der Waals surface area contributed by atoms with E-state index in [1.807, 2.05) is 12.1 Å². The molecule has 4 aromatic carbocycles. The highest BCUT2D eigenvalue weighted by Gasteiger charge is 2.26. The molecule has 0 saturated carbocycles. The molecule has 0 bridgehead atoms. The molecule has 0 heterocycles. The van der Waals surface area contributed by atoms with Gasteiger partial charge in [0, 0.05) is 22.3 Å². The fourth-order valence-corrected chi connectivity index (χ4v) is 4.83. The summed E-state index contributed by atoms with van der Waals surface area (Å²) in [6.07, 6.45) is -2.48. The zero-order valence-electron chi connectivity index (χ0n) is 28.2. The van der Waals surface area contributed by atoms with Gasteiger partial charge in [0.1, 0.15) is 13.2 Å². The zero-order valence-corrected chi connectivity index (χ0v) is 28.2. The van der Waals surface area contributed by atoms with Crippen molar-refractivity contribution in [1.29, 1.82) is 0 Å². The van der Waals surface area contributed by atoms with Gasteiger partial charge in [-0.2, -0.15) is 0 Å². The Bertz CT molecular complexity index is 1820. The molecule has 4 rings (SSSR count). The summed E-state index contributed by atoms with van der Waals surface area (Å²) in [6, 6.07) is 30.8. The minimum atomic E-state index is -1.25. The number of carbonyl (C=O) groups is 6. The Balaban J connectivity index is 1.17. The van der Waals surface area contributed by atoms with Crippen molar-refractivity contribution in [3.05, 3.63) is 143 Å². The molecule has 0 unspecified atom stereocenters. The number of carbonyl (C=O) groups excluding carboxylic acids is 6. The molecule has 0 amide bonds. The van der Waals surface area contributed by atoms with Gasteiger partial charge >= 0.3 is 23.9 Å². The van der Waals surface area contributed by atoms with E-state index in [-0.39, 0.29) is 24.8 Å². The van der Waals surface area contributed by atoms with Crippen LogP contribution in [0.4, 0.5) is 0 Å². The quantitative estimate of drug-likeness (QED) is 0.0636. The van der Waals surface area contributed by atoms with E-state index in [0.29, 0.717) is 33.4 Å². The monoisotopic (exact) mass is 678 g/mol. The molecule has 0 aliphatic carbocycles. The SMILES string of the molecule is C[C@H](OC(=O)[C@H](C)c1ccc(C(=O)c2ccccc2)cc1)C(=O)OCCOC(=O)[C@@H](C)OC(=O)[C@H](C)c1cccc(C(=O)c2ccccc2)c1. The van der Waals surface area contributed by atoms with Crippen molar-refractivity contribution in [2.75, 3.05) is 13.2 Å². The first kappa shape index (κ1) is 36.9. The van der Waals surface area contributed by atoms with E-state index in [1.165, 1.54) is 13.8 Å². The number of esters is 4. The lowest BCUT2D eigenvalue weighted by atomic mass is 9.96. The van der Waals surface area contributed by atoms with Crippen LogP contribution in [0.3, 0.4) is 0 Å². The Morgan fingerprint density at radius 3 is 1.32 bits per heavy atom. The van der Waals surface area contributed by atoms with Crippen LogP contribution in [0.2, 0.25) is 0 Å². The second-order valence-corrected chi connectivity index (χ2v) is 11.6. The predicted octanol–water partition coefficient (Wildman–Crippen LogP) is 6.01. The van der Waals surface area contributed by atoms with E-state index in [1.54, 1.807) is 111 Å². The Morgan fingerprint density at radius 2 is 0.840 bits per heavy atom. The van der Waals surface area contributed by atoms with Crippen LogP contribution in [-0.2, 0) is 38.1 Å².